The van der Waals surface area contributed by atoms with Crippen LogP contribution in [0.4, 0.5) is 0 Å². The Morgan fingerprint density at radius 1 is 1.10 bits per heavy atom. The third-order valence-corrected chi connectivity index (χ3v) is 4.97. The first-order chi connectivity index (χ1) is 14.1. The van der Waals surface area contributed by atoms with Crippen molar-refractivity contribution in [3.8, 4) is 22.6 Å². The Labute approximate surface area is 168 Å². The molecule has 29 heavy (non-hydrogen) atoms. The average Bonchev–Trinajstić information content (AvgIpc) is 3.28. The van der Waals surface area contributed by atoms with Crippen LogP contribution in [0.2, 0.25) is 0 Å². The molecule has 0 spiro atoms. The zero-order valence-corrected chi connectivity index (χ0v) is 16.4. The standard InChI is InChI=1S/C23H22N4O2/c1-16(20-8-3-4-10-24-20)27(2)14-17-6-5-7-18(12-17)23-25-21(13-22(28)26-23)19-9-11-29-15-19/h3-13,15-16H,14H2,1-2H3,(H,25,26,28). The molecule has 6 nitrogen and oxygen atoms in total. The average molecular weight is 386 g/mol. The van der Waals surface area contributed by atoms with E-state index in [2.05, 4.69) is 46.0 Å². The normalized spacial score (nSPS) is 12.2. The Morgan fingerprint density at radius 3 is 2.76 bits per heavy atom. The molecule has 0 aliphatic heterocycles. The van der Waals surface area contributed by atoms with Gasteiger partial charge in [0.25, 0.3) is 5.56 Å². The van der Waals surface area contributed by atoms with Crippen LogP contribution in [-0.2, 0) is 6.54 Å². The minimum Gasteiger partial charge on any atom is -0.472 e. The number of H-pyrrole nitrogens is 1. The lowest BCUT2D eigenvalue weighted by atomic mass is 10.1. The van der Waals surface area contributed by atoms with E-state index in [-0.39, 0.29) is 11.6 Å². The van der Waals surface area contributed by atoms with Crippen molar-refractivity contribution in [1.29, 1.82) is 0 Å². The molecule has 1 atom stereocenters. The molecule has 146 valence electrons. The second-order valence-electron chi connectivity index (χ2n) is 7.04. The van der Waals surface area contributed by atoms with E-state index in [1.807, 2.05) is 36.5 Å². The molecule has 0 saturated carbocycles. The van der Waals surface area contributed by atoms with Crippen LogP contribution in [-0.4, -0.2) is 26.9 Å². The van der Waals surface area contributed by atoms with Gasteiger partial charge in [-0.15, -0.1) is 0 Å². The SMILES string of the molecule is CC(c1ccccn1)N(C)Cc1cccc(-c2nc(-c3ccoc3)cc(=O)[nH]2)c1. The number of nitrogens with one attached hydrogen (secondary N) is 1. The van der Waals surface area contributed by atoms with Crippen LogP contribution in [0.3, 0.4) is 0 Å². The summed E-state index contributed by atoms with van der Waals surface area (Å²) >= 11 is 0. The van der Waals surface area contributed by atoms with E-state index in [1.54, 1.807) is 18.6 Å². The van der Waals surface area contributed by atoms with Crippen LogP contribution >= 0.6 is 0 Å². The molecule has 0 radical (unpaired) electrons. The first-order valence-electron chi connectivity index (χ1n) is 9.44. The highest BCUT2D eigenvalue weighted by molar-refractivity contribution is 5.62. The van der Waals surface area contributed by atoms with E-state index in [4.69, 9.17) is 4.42 Å². The molecule has 3 aromatic heterocycles. The molecule has 0 amide bonds. The van der Waals surface area contributed by atoms with E-state index >= 15 is 0 Å². The van der Waals surface area contributed by atoms with Gasteiger partial charge in [0, 0.05) is 36.0 Å². The summed E-state index contributed by atoms with van der Waals surface area (Å²) in [5.41, 5.74) is 4.19. The van der Waals surface area contributed by atoms with Crippen molar-refractivity contribution in [3.05, 3.63) is 94.9 Å². The van der Waals surface area contributed by atoms with Crippen molar-refractivity contribution in [3.63, 3.8) is 0 Å². The van der Waals surface area contributed by atoms with Crippen molar-refractivity contribution in [1.82, 2.24) is 19.9 Å². The van der Waals surface area contributed by atoms with Crippen molar-refractivity contribution in [2.75, 3.05) is 7.05 Å². The van der Waals surface area contributed by atoms with Gasteiger partial charge in [-0.05, 0) is 43.8 Å². The minimum atomic E-state index is -0.197. The lowest BCUT2D eigenvalue weighted by Crippen LogP contribution is -2.22. The minimum absolute atomic E-state index is 0.183. The molecule has 3 heterocycles. The van der Waals surface area contributed by atoms with E-state index < -0.39 is 0 Å². The summed E-state index contributed by atoms with van der Waals surface area (Å²) in [6, 6.07) is 17.5. The first kappa shape index (κ1) is 18.8. The Bertz CT molecular complexity index is 1140. The zero-order valence-electron chi connectivity index (χ0n) is 16.4. The highest BCUT2D eigenvalue weighted by Gasteiger charge is 2.14. The molecule has 4 aromatic rings. The molecule has 1 aromatic carbocycles. The number of hydrogen-bond donors (Lipinski definition) is 1. The summed E-state index contributed by atoms with van der Waals surface area (Å²) in [5.74, 6) is 0.538. The second kappa shape index (κ2) is 8.24. The summed E-state index contributed by atoms with van der Waals surface area (Å²) in [5, 5.41) is 0. The number of furan rings is 1. The van der Waals surface area contributed by atoms with Crippen LogP contribution in [0, 0.1) is 0 Å². The predicted octanol–water partition coefficient (Wildman–Crippen LogP) is 4.28. The van der Waals surface area contributed by atoms with Crippen LogP contribution in [0.1, 0.15) is 24.2 Å². The summed E-state index contributed by atoms with van der Waals surface area (Å²) < 4.78 is 5.11. The van der Waals surface area contributed by atoms with Crippen molar-refractivity contribution in [2.24, 2.45) is 0 Å². The van der Waals surface area contributed by atoms with Gasteiger partial charge in [0.2, 0.25) is 0 Å². The maximum Gasteiger partial charge on any atom is 0.251 e. The maximum atomic E-state index is 12.1. The van der Waals surface area contributed by atoms with Gasteiger partial charge in [-0.3, -0.25) is 14.7 Å². The predicted molar refractivity (Wildman–Crippen MR) is 112 cm³/mol. The molecule has 1 unspecified atom stereocenters. The fourth-order valence-corrected chi connectivity index (χ4v) is 3.24. The summed E-state index contributed by atoms with van der Waals surface area (Å²) in [6.45, 7) is 2.89. The smallest absolute Gasteiger partial charge is 0.251 e. The number of nitrogens with zero attached hydrogens (tertiary/aromatic N) is 3. The monoisotopic (exact) mass is 386 g/mol. The van der Waals surface area contributed by atoms with Gasteiger partial charge in [0.1, 0.15) is 5.82 Å². The highest BCUT2D eigenvalue weighted by Crippen LogP contribution is 2.23. The topological polar surface area (TPSA) is 75.0 Å². The van der Waals surface area contributed by atoms with Gasteiger partial charge in [0.05, 0.1) is 23.9 Å². The van der Waals surface area contributed by atoms with E-state index in [9.17, 15) is 4.79 Å². The summed E-state index contributed by atoms with van der Waals surface area (Å²) in [7, 11) is 2.08. The Hall–Kier alpha value is -3.51. The largest absolute Gasteiger partial charge is 0.472 e. The number of hydrogen-bond acceptors (Lipinski definition) is 5. The van der Waals surface area contributed by atoms with Crippen molar-refractivity contribution in [2.45, 2.75) is 19.5 Å². The van der Waals surface area contributed by atoms with Gasteiger partial charge >= 0.3 is 0 Å². The molecule has 4 rings (SSSR count). The second-order valence-corrected chi connectivity index (χ2v) is 7.04. The van der Waals surface area contributed by atoms with Crippen LogP contribution in [0.25, 0.3) is 22.6 Å². The molecule has 0 fully saturated rings. The van der Waals surface area contributed by atoms with Gasteiger partial charge in [-0.25, -0.2) is 4.98 Å². The molecular weight excluding hydrogens is 364 g/mol. The fraction of sp³-hybridized carbons (Fsp3) is 0.174. The molecule has 0 aliphatic rings. The molecule has 6 heteroatoms. The van der Waals surface area contributed by atoms with Gasteiger partial charge in [0.15, 0.2) is 0 Å². The Morgan fingerprint density at radius 2 is 2.00 bits per heavy atom. The zero-order chi connectivity index (χ0) is 20.2. The molecule has 1 N–H and O–H groups in total. The number of aromatic amines is 1. The quantitative estimate of drug-likeness (QED) is 0.535. The van der Waals surface area contributed by atoms with Gasteiger partial charge < -0.3 is 9.40 Å². The van der Waals surface area contributed by atoms with Crippen molar-refractivity contribution >= 4 is 0 Å². The van der Waals surface area contributed by atoms with Gasteiger partial charge in [-0.1, -0.05) is 24.3 Å². The summed E-state index contributed by atoms with van der Waals surface area (Å²) in [6.07, 6.45) is 4.96. The Balaban J connectivity index is 1.59. The number of benzene rings is 1. The van der Waals surface area contributed by atoms with E-state index in [0.29, 0.717) is 11.5 Å². The lowest BCUT2D eigenvalue weighted by Gasteiger charge is -2.24. The van der Waals surface area contributed by atoms with Crippen LogP contribution < -0.4 is 5.56 Å². The number of rotatable bonds is 6. The van der Waals surface area contributed by atoms with E-state index in [0.717, 1.165) is 28.9 Å². The van der Waals surface area contributed by atoms with Crippen LogP contribution in [0.15, 0.2) is 82.5 Å². The third kappa shape index (κ3) is 4.33. The lowest BCUT2D eigenvalue weighted by molar-refractivity contribution is 0.248. The van der Waals surface area contributed by atoms with Gasteiger partial charge in [-0.2, -0.15) is 0 Å². The Kier molecular flexibility index (Phi) is 5.35. The molecule has 0 aliphatic carbocycles. The van der Waals surface area contributed by atoms with Crippen molar-refractivity contribution < 1.29 is 4.42 Å². The highest BCUT2D eigenvalue weighted by atomic mass is 16.3. The molecular formula is C23H22N4O2. The molecule has 0 bridgehead atoms. The van der Waals surface area contributed by atoms with Crippen LogP contribution in [0.5, 0.6) is 0 Å². The van der Waals surface area contributed by atoms with E-state index in [1.165, 1.54) is 6.07 Å². The molecule has 0 saturated heterocycles. The number of aromatic nitrogens is 3. The fourth-order valence-electron chi connectivity index (χ4n) is 3.24. The summed E-state index contributed by atoms with van der Waals surface area (Å²) in [4.78, 5) is 26.3. The third-order valence-electron chi connectivity index (χ3n) is 4.97. The number of pyridine rings is 1. The first-order valence-corrected chi connectivity index (χ1v) is 9.44. The maximum absolute atomic E-state index is 12.1.